The van der Waals surface area contributed by atoms with Crippen molar-refractivity contribution in [2.45, 2.75) is 38.4 Å². The first kappa shape index (κ1) is 15.9. The van der Waals surface area contributed by atoms with Crippen LogP contribution in [0.5, 0.6) is 0 Å². The van der Waals surface area contributed by atoms with Crippen LogP contribution in [0.25, 0.3) is 0 Å². The van der Waals surface area contributed by atoms with Crippen LogP contribution in [0.3, 0.4) is 0 Å². The van der Waals surface area contributed by atoms with Gasteiger partial charge in [0.15, 0.2) is 0 Å². The van der Waals surface area contributed by atoms with Crippen LogP contribution < -0.4 is 5.73 Å². The lowest BCUT2D eigenvalue weighted by atomic mass is 10.0. The summed E-state index contributed by atoms with van der Waals surface area (Å²) in [5.74, 6) is 0. The maximum atomic E-state index is 9.51. The number of ether oxygens (including phenoxy) is 1. The standard InChI is InChI=1S/C13H29N3O2/c1-13(2,3)16-7-5-15(6-8-16)12(9-17)11(14)10-18-4/h11-12,17H,5-10,14H2,1-4H3. The number of aliphatic hydroxyl groups is 1. The third-order valence-electron chi connectivity index (χ3n) is 3.77. The summed E-state index contributed by atoms with van der Waals surface area (Å²) < 4.78 is 5.08. The number of nitrogens with zero attached hydrogens (tertiary/aromatic N) is 2. The molecule has 0 aromatic heterocycles. The molecule has 5 nitrogen and oxygen atoms in total. The largest absolute Gasteiger partial charge is 0.395 e. The second kappa shape index (κ2) is 6.82. The smallest absolute Gasteiger partial charge is 0.0629 e. The molecule has 1 saturated heterocycles. The molecule has 2 atom stereocenters. The minimum atomic E-state index is -0.124. The molecular formula is C13H29N3O2. The van der Waals surface area contributed by atoms with Gasteiger partial charge in [0.2, 0.25) is 0 Å². The van der Waals surface area contributed by atoms with Gasteiger partial charge in [0.05, 0.1) is 19.3 Å². The van der Waals surface area contributed by atoms with Crippen molar-refractivity contribution in [1.82, 2.24) is 9.80 Å². The SMILES string of the molecule is COCC(N)C(CO)N1CCN(C(C)(C)C)CC1. The Morgan fingerprint density at radius 3 is 2.17 bits per heavy atom. The van der Waals surface area contributed by atoms with Gasteiger partial charge in [-0.25, -0.2) is 0 Å². The maximum absolute atomic E-state index is 9.51. The first-order chi connectivity index (χ1) is 8.40. The van der Waals surface area contributed by atoms with Crippen molar-refractivity contribution in [3.05, 3.63) is 0 Å². The van der Waals surface area contributed by atoms with Gasteiger partial charge in [-0.2, -0.15) is 0 Å². The van der Waals surface area contributed by atoms with E-state index >= 15 is 0 Å². The van der Waals surface area contributed by atoms with E-state index in [4.69, 9.17) is 10.5 Å². The van der Waals surface area contributed by atoms with Crippen LogP contribution >= 0.6 is 0 Å². The van der Waals surface area contributed by atoms with E-state index in [0.29, 0.717) is 6.61 Å². The lowest BCUT2D eigenvalue weighted by Gasteiger charge is -2.45. The molecule has 0 saturated carbocycles. The predicted molar refractivity (Wildman–Crippen MR) is 73.6 cm³/mol. The van der Waals surface area contributed by atoms with Gasteiger partial charge >= 0.3 is 0 Å². The molecule has 1 fully saturated rings. The fourth-order valence-corrected chi connectivity index (χ4v) is 2.55. The molecule has 0 radical (unpaired) electrons. The minimum Gasteiger partial charge on any atom is -0.395 e. The molecule has 108 valence electrons. The molecule has 1 heterocycles. The van der Waals surface area contributed by atoms with Gasteiger partial charge in [-0.05, 0) is 20.8 Å². The molecule has 0 aromatic rings. The molecule has 0 aliphatic carbocycles. The zero-order chi connectivity index (χ0) is 13.8. The summed E-state index contributed by atoms with van der Waals surface area (Å²) in [6.07, 6.45) is 0. The summed E-state index contributed by atoms with van der Waals surface area (Å²) in [7, 11) is 1.64. The van der Waals surface area contributed by atoms with E-state index in [-0.39, 0.29) is 24.2 Å². The highest BCUT2D eigenvalue weighted by atomic mass is 16.5. The Bertz CT molecular complexity index is 235. The van der Waals surface area contributed by atoms with Crippen LogP contribution in [0.2, 0.25) is 0 Å². The molecule has 5 heteroatoms. The summed E-state index contributed by atoms with van der Waals surface area (Å²) >= 11 is 0. The monoisotopic (exact) mass is 259 g/mol. The lowest BCUT2D eigenvalue weighted by Crippen LogP contribution is -2.60. The number of piperazine rings is 1. The van der Waals surface area contributed by atoms with Crippen molar-refractivity contribution in [3.8, 4) is 0 Å². The number of hydrogen-bond donors (Lipinski definition) is 2. The number of methoxy groups -OCH3 is 1. The summed E-state index contributed by atoms with van der Waals surface area (Å²) in [6, 6.07) is -0.117. The minimum absolute atomic E-state index is 0.00654. The van der Waals surface area contributed by atoms with E-state index < -0.39 is 0 Å². The van der Waals surface area contributed by atoms with E-state index in [0.717, 1.165) is 26.2 Å². The summed E-state index contributed by atoms with van der Waals surface area (Å²) in [5.41, 5.74) is 6.27. The average molecular weight is 259 g/mol. The summed E-state index contributed by atoms with van der Waals surface area (Å²) in [4.78, 5) is 4.76. The van der Waals surface area contributed by atoms with Crippen LogP contribution in [0.1, 0.15) is 20.8 Å². The Hall–Kier alpha value is -0.200. The molecule has 1 aliphatic rings. The number of aliphatic hydroxyl groups excluding tert-OH is 1. The van der Waals surface area contributed by atoms with E-state index in [9.17, 15) is 5.11 Å². The third kappa shape index (κ3) is 4.17. The molecule has 0 amide bonds. The Labute approximate surface area is 111 Å². The second-order valence-electron chi connectivity index (χ2n) is 6.06. The van der Waals surface area contributed by atoms with E-state index in [1.807, 2.05) is 0 Å². The first-order valence-electron chi connectivity index (χ1n) is 6.74. The van der Waals surface area contributed by atoms with Crippen molar-refractivity contribution in [3.63, 3.8) is 0 Å². The Morgan fingerprint density at radius 1 is 1.22 bits per heavy atom. The van der Waals surface area contributed by atoms with Gasteiger partial charge in [0, 0.05) is 44.9 Å². The molecule has 2 unspecified atom stereocenters. The topological polar surface area (TPSA) is 62.0 Å². The van der Waals surface area contributed by atoms with Gasteiger partial charge in [-0.1, -0.05) is 0 Å². The Morgan fingerprint density at radius 2 is 1.78 bits per heavy atom. The number of hydrogen-bond acceptors (Lipinski definition) is 5. The van der Waals surface area contributed by atoms with E-state index in [1.165, 1.54) is 0 Å². The van der Waals surface area contributed by atoms with E-state index in [1.54, 1.807) is 7.11 Å². The van der Waals surface area contributed by atoms with Gasteiger partial charge in [-0.3, -0.25) is 9.80 Å². The van der Waals surface area contributed by atoms with Crippen LogP contribution in [0, 0.1) is 0 Å². The molecule has 3 N–H and O–H groups in total. The number of rotatable bonds is 5. The van der Waals surface area contributed by atoms with Crippen molar-refractivity contribution in [2.24, 2.45) is 5.73 Å². The zero-order valence-electron chi connectivity index (χ0n) is 12.2. The third-order valence-corrected chi connectivity index (χ3v) is 3.77. The van der Waals surface area contributed by atoms with Gasteiger partial charge in [0.1, 0.15) is 0 Å². The average Bonchev–Trinajstić information content (AvgIpc) is 2.30. The quantitative estimate of drug-likeness (QED) is 0.712. The first-order valence-corrected chi connectivity index (χ1v) is 6.74. The normalized spacial score (nSPS) is 23.0. The molecule has 1 aliphatic heterocycles. The van der Waals surface area contributed by atoms with Crippen LogP contribution in [0.15, 0.2) is 0 Å². The van der Waals surface area contributed by atoms with Crippen LogP contribution in [-0.4, -0.2) is 79.0 Å². The van der Waals surface area contributed by atoms with Crippen molar-refractivity contribution < 1.29 is 9.84 Å². The van der Waals surface area contributed by atoms with Gasteiger partial charge in [-0.15, -0.1) is 0 Å². The lowest BCUT2D eigenvalue weighted by molar-refractivity contribution is 0.00970. The fraction of sp³-hybridized carbons (Fsp3) is 1.00. The van der Waals surface area contributed by atoms with E-state index in [2.05, 4.69) is 30.6 Å². The van der Waals surface area contributed by atoms with Crippen LogP contribution in [0.4, 0.5) is 0 Å². The van der Waals surface area contributed by atoms with Crippen molar-refractivity contribution >= 4 is 0 Å². The second-order valence-corrected chi connectivity index (χ2v) is 6.06. The number of nitrogens with two attached hydrogens (primary N) is 1. The molecule has 18 heavy (non-hydrogen) atoms. The fourth-order valence-electron chi connectivity index (χ4n) is 2.55. The van der Waals surface area contributed by atoms with Crippen molar-refractivity contribution in [2.75, 3.05) is 46.5 Å². The molecular weight excluding hydrogens is 230 g/mol. The summed E-state index contributed by atoms with van der Waals surface area (Å²) in [6.45, 7) is 11.3. The van der Waals surface area contributed by atoms with Gasteiger partial charge in [0.25, 0.3) is 0 Å². The van der Waals surface area contributed by atoms with Crippen LogP contribution in [-0.2, 0) is 4.74 Å². The molecule has 0 aromatic carbocycles. The molecule has 0 spiro atoms. The summed E-state index contributed by atoms with van der Waals surface area (Å²) in [5, 5.41) is 9.51. The van der Waals surface area contributed by atoms with Crippen molar-refractivity contribution in [1.29, 1.82) is 0 Å². The maximum Gasteiger partial charge on any atom is 0.0629 e. The predicted octanol–water partition coefficient (Wildman–Crippen LogP) is -0.263. The highest BCUT2D eigenvalue weighted by molar-refractivity contribution is 4.88. The Kier molecular flexibility index (Phi) is 6.01. The highest BCUT2D eigenvalue weighted by Gasteiger charge is 2.31. The zero-order valence-corrected chi connectivity index (χ0v) is 12.2. The Balaban J connectivity index is 2.50. The molecule has 1 rings (SSSR count). The highest BCUT2D eigenvalue weighted by Crippen LogP contribution is 2.17. The van der Waals surface area contributed by atoms with Gasteiger partial charge < -0.3 is 15.6 Å². The molecule has 0 bridgehead atoms.